The first-order valence-electron chi connectivity index (χ1n) is 9.31. The Hall–Kier alpha value is -2.75. The summed E-state index contributed by atoms with van der Waals surface area (Å²) in [5.74, 6) is 0.0692. The molecule has 0 spiro atoms. The van der Waals surface area contributed by atoms with Crippen molar-refractivity contribution in [2.24, 2.45) is 0 Å². The SMILES string of the molecule is COc1cc(NC(=O)CN(c2cccc(Br)c2)S(=O)(=O)c2ccccc2)c(OC)cc1Cl. The van der Waals surface area contributed by atoms with Crippen LogP contribution in [0.2, 0.25) is 5.02 Å². The quantitative estimate of drug-likeness (QED) is 0.438. The van der Waals surface area contributed by atoms with Crippen molar-refractivity contribution in [2.75, 3.05) is 30.4 Å². The van der Waals surface area contributed by atoms with Crippen molar-refractivity contribution < 1.29 is 22.7 Å². The lowest BCUT2D eigenvalue weighted by atomic mass is 10.2. The molecule has 0 aliphatic carbocycles. The molecule has 1 amide bonds. The smallest absolute Gasteiger partial charge is 0.264 e. The number of amides is 1. The molecule has 0 saturated carbocycles. The molecule has 168 valence electrons. The van der Waals surface area contributed by atoms with E-state index in [1.807, 2.05) is 0 Å². The average molecular weight is 540 g/mol. The van der Waals surface area contributed by atoms with Crippen LogP contribution in [0, 0.1) is 0 Å². The second-order valence-corrected chi connectivity index (χ2v) is 9.73. The highest BCUT2D eigenvalue weighted by molar-refractivity contribution is 9.10. The number of hydrogen-bond donors (Lipinski definition) is 1. The van der Waals surface area contributed by atoms with Gasteiger partial charge in [-0.25, -0.2) is 8.42 Å². The lowest BCUT2D eigenvalue weighted by Crippen LogP contribution is -2.38. The number of anilines is 2. The van der Waals surface area contributed by atoms with Crippen molar-refractivity contribution in [1.29, 1.82) is 0 Å². The van der Waals surface area contributed by atoms with Gasteiger partial charge in [0.2, 0.25) is 5.91 Å². The van der Waals surface area contributed by atoms with Gasteiger partial charge in [0, 0.05) is 16.6 Å². The van der Waals surface area contributed by atoms with Crippen LogP contribution in [-0.4, -0.2) is 35.1 Å². The van der Waals surface area contributed by atoms with Gasteiger partial charge in [0.15, 0.2) is 0 Å². The number of hydrogen-bond acceptors (Lipinski definition) is 5. The molecule has 0 heterocycles. The lowest BCUT2D eigenvalue weighted by Gasteiger charge is -2.24. The van der Waals surface area contributed by atoms with Gasteiger partial charge in [0.1, 0.15) is 18.0 Å². The van der Waals surface area contributed by atoms with Crippen LogP contribution in [0.1, 0.15) is 0 Å². The Morgan fingerprint density at radius 3 is 2.31 bits per heavy atom. The standard InChI is InChI=1S/C22H20BrClN2O5S/c1-30-20-13-19(21(31-2)12-18(20)24)25-22(27)14-26(16-8-6-7-15(23)11-16)32(28,29)17-9-4-3-5-10-17/h3-13H,14H2,1-2H3,(H,25,27). The third-order valence-electron chi connectivity index (χ3n) is 4.46. The van der Waals surface area contributed by atoms with Crippen LogP contribution >= 0.6 is 27.5 Å². The zero-order valence-corrected chi connectivity index (χ0v) is 20.4. The van der Waals surface area contributed by atoms with E-state index >= 15 is 0 Å². The summed E-state index contributed by atoms with van der Waals surface area (Å²) in [4.78, 5) is 13.0. The van der Waals surface area contributed by atoms with Crippen molar-refractivity contribution >= 4 is 54.8 Å². The molecule has 0 saturated heterocycles. The first kappa shape index (κ1) is 23.9. The first-order chi connectivity index (χ1) is 15.3. The monoisotopic (exact) mass is 538 g/mol. The number of rotatable bonds is 8. The first-order valence-corrected chi connectivity index (χ1v) is 11.9. The highest BCUT2D eigenvalue weighted by atomic mass is 79.9. The second-order valence-electron chi connectivity index (χ2n) is 6.54. The van der Waals surface area contributed by atoms with Crippen molar-refractivity contribution in [3.63, 3.8) is 0 Å². The molecule has 0 aliphatic heterocycles. The number of carbonyl (C=O) groups is 1. The largest absolute Gasteiger partial charge is 0.495 e. The van der Waals surface area contributed by atoms with E-state index in [1.165, 1.54) is 38.5 Å². The minimum Gasteiger partial charge on any atom is -0.495 e. The molecule has 10 heteroatoms. The summed E-state index contributed by atoms with van der Waals surface area (Å²) in [6.45, 7) is -0.470. The maximum Gasteiger partial charge on any atom is 0.264 e. The summed E-state index contributed by atoms with van der Waals surface area (Å²) in [5.41, 5.74) is 0.629. The molecule has 0 atom stereocenters. The molecule has 3 rings (SSSR count). The number of carbonyl (C=O) groups excluding carboxylic acids is 1. The van der Waals surface area contributed by atoms with Gasteiger partial charge in [0.05, 0.1) is 35.5 Å². The van der Waals surface area contributed by atoms with Crippen molar-refractivity contribution in [3.05, 3.63) is 76.2 Å². The third-order valence-corrected chi connectivity index (χ3v) is 7.04. The van der Waals surface area contributed by atoms with Crippen LogP contribution < -0.4 is 19.1 Å². The maximum absolute atomic E-state index is 13.4. The van der Waals surface area contributed by atoms with E-state index in [9.17, 15) is 13.2 Å². The molecule has 32 heavy (non-hydrogen) atoms. The van der Waals surface area contributed by atoms with E-state index in [-0.39, 0.29) is 4.90 Å². The van der Waals surface area contributed by atoms with Crippen LogP contribution in [0.3, 0.4) is 0 Å². The highest BCUT2D eigenvalue weighted by Crippen LogP contribution is 2.36. The van der Waals surface area contributed by atoms with Crippen molar-refractivity contribution in [1.82, 2.24) is 0 Å². The molecular weight excluding hydrogens is 520 g/mol. The fourth-order valence-electron chi connectivity index (χ4n) is 2.94. The van der Waals surface area contributed by atoms with E-state index in [2.05, 4.69) is 21.2 Å². The maximum atomic E-state index is 13.4. The van der Waals surface area contributed by atoms with Crippen LogP contribution in [0.15, 0.2) is 76.1 Å². The summed E-state index contributed by atoms with van der Waals surface area (Å²) in [6.07, 6.45) is 0. The lowest BCUT2D eigenvalue weighted by molar-refractivity contribution is -0.114. The summed E-state index contributed by atoms with van der Waals surface area (Å²) >= 11 is 9.46. The summed E-state index contributed by atoms with van der Waals surface area (Å²) in [5, 5.41) is 2.99. The molecule has 0 aliphatic rings. The third kappa shape index (κ3) is 5.35. The Morgan fingerprint density at radius 1 is 1.00 bits per heavy atom. The molecule has 3 aromatic carbocycles. The van der Waals surface area contributed by atoms with E-state index in [4.69, 9.17) is 21.1 Å². The zero-order valence-electron chi connectivity index (χ0n) is 17.2. The van der Waals surface area contributed by atoms with Crippen LogP contribution in [0.5, 0.6) is 11.5 Å². The fourth-order valence-corrected chi connectivity index (χ4v) is 5.00. The van der Waals surface area contributed by atoms with Gasteiger partial charge in [-0.05, 0) is 30.3 Å². The number of nitrogens with one attached hydrogen (secondary N) is 1. The van der Waals surface area contributed by atoms with Gasteiger partial charge in [-0.2, -0.15) is 0 Å². The summed E-state index contributed by atoms with van der Waals surface area (Å²) in [7, 11) is -1.14. The Labute approximate surface area is 200 Å². The Morgan fingerprint density at radius 2 is 1.69 bits per heavy atom. The molecule has 3 aromatic rings. The number of methoxy groups -OCH3 is 2. The summed E-state index contributed by atoms with van der Waals surface area (Å²) < 4.78 is 38.9. The molecule has 0 bridgehead atoms. The Bertz CT molecular complexity index is 1220. The Kier molecular flexibility index (Phi) is 7.65. The predicted octanol–water partition coefficient (Wildman–Crippen LogP) is 4.95. The van der Waals surface area contributed by atoms with Gasteiger partial charge < -0.3 is 14.8 Å². The van der Waals surface area contributed by atoms with E-state index in [0.717, 1.165) is 4.31 Å². The van der Waals surface area contributed by atoms with Gasteiger partial charge in [-0.1, -0.05) is 51.8 Å². The number of halogens is 2. The number of sulfonamides is 1. The number of benzene rings is 3. The molecule has 0 fully saturated rings. The van der Waals surface area contributed by atoms with Crippen LogP contribution in [0.25, 0.3) is 0 Å². The van der Waals surface area contributed by atoms with E-state index < -0.39 is 22.5 Å². The minimum atomic E-state index is -4.02. The molecule has 7 nitrogen and oxygen atoms in total. The van der Waals surface area contributed by atoms with Gasteiger partial charge >= 0.3 is 0 Å². The minimum absolute atomic E-state index is 0.0681. The van der Waals surface area contributed by atoms with E-state index in [1.54, 1.807) is 42.5 Å². The summed E-state index contributed by atoms with van der Waals surface area (Å²) in [6, 6.07) is 17.6. The van der Waals surface area contributed by atoms with Crippen molar-refractivity contribution in [2.45, 2.75) is 4.90 Å². The molecule has 0 unspecified atom stereocenters. The van der Waals surface area contributed by atoms with E-state index in [0.29, 0.717) is 32.4 Å². The zero-order chi connectivity index (χ0) is 23.3. The fraction of sp³-hybridized carbons (Fsp3) is 0.136. The molecule has 1 N–H and O–H groups in total. The molecule has 0 aromatic heterocycles. The van der Waals surface area contributed by atoms with Crippen LogP contribution in [0.4, 0.5) is 11.4 Å². The van der Waals surface area contributed by atoms with Gasteiger partial charge in [0.25, 0.3) is 10.0 Å². The highest BCUT2D eigenvalue weighted by Gasteiger charge is 2.27. The van der Waals surface area contributed by atoms with Crippen molar-refractivity contribution in [3.8, 4) is 11.5 Å². The van der Waals surface area contributed by atoms with Crippen LogP contribution in [-0.2, 0) is 14.8 Å². The average Bonchev–Trinajstić information content (AvgIpc) is 2.78. The number of ether oxygens (including phenoxy) is 2. The molecular formula is C22H20BrClN2O5S. The predicted molar refractivity (Wildman–Crippen MR) is 128 cm³/mol. The number of nitrogens with zero attached hydrogens (tertiary/aromatic N) is 1. The normalized spacial score (nSPS) is 11.0. The van der Waals surface area contributed by atoms with Gasteiger partial charge in [-0.15, -0.1) is 0 Å². The topological polar surface area (TPSA) is 84.9 Å². The van der Waals surface area contributed by atoms with Gasteiger partial charge in [-0.3, -0.25) is 9.10 Å². The Balaban J connectivity index is 1.97. The molecule has 0 radical (unpaired) electrons. The second kappa shape index (κ2) is 10.2.